The molecule has 1 rings (SSSR count). The second-order valence-electron chi connectivity index (χ2n) is 4.73. The van der Waals surface area contributed by atoms with E-state index in [9.17, 15) is 8.78 Å². The second-order valence-corrected chi connectivity index (χ2v) is 4.73. The van der Waals surface area contributed by atoms with Crippen LogP contribution < -0.4 is 5.32 Å². The van der Waals surface area contributed by atoms with E-state index < -0.39 is 11.6 Å². The molecule has 1 aromatic carbocycles. The van der Waals surface area contributed by atoms with Gasteiger partial charge in [-0.25, -0.2) is 8.78 Å². The standard InChI is InChI=1S/C15H24F2N2/c1-4-19(5-2)10-6-9-18-12(3)13-7-8-14(16)15(17)11-13/h7-8,11-12,18H,4-6,9-10H2,1-3H3. The lowest BCUT2D eigenvalue weighted by atomic mass is 10.1. The van der Waals surface area contributed by atoms with Gasteiger partial charge in [-0.05, 0) is 57.2 Å². The molecule has 0 aromatic heterocycles. The van der Waals surface area contributed by atoms with E-state index in [0.29, 0.717) is 0 Å². The third-order valence-electron chi connectivity index (χ3n) is 3.44. The van der Waals surface area contributed by atoms with Gasteiger partial charge in [0.05, 0.1) is 0 Å². The van der Waals surface area contributed by atoms with Crippen LogP contribution in [-0.2, 0) is 0 Å². The predicted octanol–water partition coefficient (Wildman–Crippen LogP) is 3.35. The van der Waals surface area contributed by atoms with Crippen LogP contribution in [0.4, 0.5) is 8.78 Å². The van der Waals surface area contributed by atoms with E-state index in [2.05, 4.69) is 24.1 Å². The van der Waals surface area contributed by atoms with Crippen molar-refractivity contribution in [2.24, 2.45) is 0 Å². The van der Waals surface area contributed by atoms with Crippen LogP contribution in [0.2, 0.25) is 0 Å². The molecule has 0 heterocycles. The zero-order valence-electron chi connectivity index (χ0n) is 12.0. The molecule has 4 heteroatoms. The first kappa shape index (κ1) is 16.1. The molecule has 0 saturated heterocycles. The molecule has 19 heavy (non-hydrogen) atoms. The summed E-state index contributed by atoms with van der Waals surface area (Å²) in [5, 5.41) is 3.33. The number of benzene rings is 1. The van der Waals surface area contributed by atoms with Crippen LogP contribution in [0.25, 0.3) is 0 Å². The van der Waals surface area contributed by atoms with Crippen molar-refractivity contribution in [3.8, 4) is 0 Å². The van der Waals surface area contributed by atoms with E-state index in [0.717, 1.165) is 38.2 Å². The smallest absolute Gasteiger partial charge is 0.159 e. The van der Waals surface area contributed by atoms with Crippen molar-refractivity contribution in [1.29, 1.82) is 0 Å². The lowest BCUT2D eigenvalue weighted by molar-refractivity contribution is 0.296. The van der Waals surface area contributed by atoms with Crippen molar-refractivity contribution in [2.75, 3.05) is 26.2 Å². The van der Waals surface area contributed by atoms with Gasteiger partial charge in [-0.1, -0.05) is 19.9 Å². The van der Waals surface area contributed by atoms with Gasteiger partial charge in [0, 0.05) is 6.04 Å². The van der Waals surface area contributed by atoms with E-state index in [4.69, 9.17) is 0 Å². The molecule has 0 bridgehead atoms. The van der Waals surface area contributed by atoms with Crippen molar-refractivity contribution in [3.63, 3.8) is 0 Å². The van der Waals surface area contributed by atoms with Gasteiger partial charge in [-0.15, -0.1) is 0 Å². The van der Waals surface area contributed by atoms with Crippen LogP contribution in [0.3, 0.4) is 0 Å². The van der Waals surface area contributed by atoms with E-state index in [1.54, 1.807) is 6.07 Å². The van der Waals surface area contributed by atoms with Gasteiger partial charge in [-0.2, -0.15) is 0 Å². The summed E-state index contributed by atoms with van der Waals surface area (Å²) in [6.45, 7) is 10.3. The number of nitrogens with zero attached hydrogens (tertiary/aromatic N) is 1. The number of hydrogen-bond donors (Lipinski definition) is 1. The quantitative estimate of drug-likeness (QED) is 0.729. The number of hydrogen-bond acceptors (Lipinski definition) is 2. The minimum atomic E-state index is -0.794. The van der Waals surface area contributed by atoms with Gasteiger partial charge in [0.15, 0.2) is 11.6 Å². The van der Waals surface area contributed by atoms with Crippen molar-refractivity contribution < 1.29 is 8.78 Å². The summed E-state index contributed by atoms with van der Waals surface area (Å²) < 4.78 is 26.0. The highest BCUT2D eigenvalue weighted by atomic mass is 19.2. The van der Waals surface area contributed by atoms with Gasteiger partial charge >= 0.3 is 0 Å². The first-order valence-electron chi connectivity index (χ1n) is 6.99. The van der Waals surface area contributed by atoms with E-state index in [1.807, 2.05) is 6.92 Å². The van der Waals surface area contributed by atoms with E-state index in [1.165, 1.54) is 12.1 Å². The summed E-state index contributed by atoms with van der Waals surface area (Å²) in [5.74, 6) is -1.58. The molecular weight excluding hydrogens is 246 g/mol. The highest BCUT2D eigenvalue weighted by molar-refractivity contribution is 5.20. The van der Waals surface area contributed by atoms with Crippen LogP contribution in [0.1, 0.15) is 38.8 Å². The fraction of sp³-hybridized carbons (Fsp3) is 0.600. The molecule has 1 atom stereocenters. The Bertz CT molecular complexity index is 378. The molecule has 1 aromatic rings. The zero-order valence-corrected chi connectivity index (χ0v) is 12.0. The Kier molecular flexibility index (Phi) is 6.95. The molecule has 0 aliphatic rings. The maximum Gasteiger partial charge on any atom is 0.159 e. The van der Waals surface area contributed by atoms with Crippen molar-refractivity contribution in [3.05, 3.63) is 35.4 Å². The predicted molar refractivity (Wildman–Crippen MR) is 75.2 cm³/mol. The largest absolute Gasteiger partial charge is 0.310 e. The number of halogens is 2. The zero-order chi connectivity index (χ0) is 14.3. The molecule has 0 saturated carbocycles. The van der Waals surface area contributed by atoms with Crippen molar-refractivity contribution in [2.45, 2.75) is 33.2 Å². The third-order valence-corrected chi connectivity index (χ3v) is 3.44. The lowest BCUT2D eigenvalue weighted by Crippen LogP contribution is -2.28. The molecule has 1 N–H and O–H groups in total. The first-order chi connectivity index (χ1) is 9.08. The fourth-order valence-electron chi connectivity index (χ4n) is 2.06. The first-order valence-corrected chi connectivity index (χ1v) is 6.99. The molecule has 0 radical (unpaired) electrons. The van der Waals surface area contributed by atoms with Crippen LogP contribution in [0.5, 0.6) is 0 Å². The SMILES string of the molecule is CCN(CC)CCCNC(C)c1ccc(F)c(F)c1. The minimum absolute atomic E-state index is 0.0341. The van der Waals surface area contributed by atoms with Crippen LogP contribution in [0, 0.1) is 11.6 Å². The van der Waals surface area contributed by atoms with Crippen LogP contribution in [0.15, 0.2) is 18.2 Å². The fourth-order valence-corrected chi connectivity index (χ4v) is 2.06. The number of rotatable bonds is 8. The molecule has 0 fully saturated rings. The molecule has 0 spiro atoms. The Morgan fingerprint density at radius 2 is 1.84 bits per heavy atom. The molecule has 0 aliphatic carbocycles. The van der Waals surface area contributed by atoms with Crippen LogP contribution >= 0.6 is 0 Å². The monoisotopic (exact) mass is 270 g/mol. The summed E-state index contributed by atoms with van der Waals surface area (Å²) in [5.41, 5.74) is 0.779. The average Bonchev–Trinajstić information content (AvgIpc) is 2.42. The molecule has 0 aliphatic heterocycles. The van der Waals surface area contributed by atoms with Crippen molar-refractivity contribution in [1.82, 2.24) is 10.2 Å². The Morgan fingerprint density at radius 1 is 1.16 bits per heavy atom. The summed E-state index contributed by atoms with van der Waals surface area (Å²) in [7, 11) is 0. The summed E-state index contributed by atoms with van der Waals surface area (Å²) in [6.07, 6.45) is 1.05. The maximum absolute atomic E-state index is 13.1. The molecule has 108 valence electrons. The molecule has 1 unspecified atom stereocenters. The van der Waals surface area contributed by atoms with Gasteiger partial charge < -0.3 is 10.2 Å². The second kappa shape index (κ2) is 8.23. The molecular formula is C15H24F2N2. The van der Waals surface area contributed by atoms with Crippen LogP contribution in [-0.4, -0.2) is 31.1 Å². The Balaban J connectivity index is 2.34. The Morgan fingerprint density at radius 3 is 2.42 bits per heavy atom. The summed E-state index contributed by atoms with van der Waals surface area (Å²) in [4.78, 5) is 2.36. The highest BCUT2D eigenvalue weighted by Gasteiger charge is 2.08. The van der Waals surface area contributed by atoms with E-state index in [-0.39, 0.29) is 6.04 Å². The Hall–Kier alpha value is -1.00. The van der Waals surface area contributed by atoms with Gasteiger partial charge in [0.25, 0.3) is 0 Å². The summed E-state index contributed by atoms with van der Waals surface area (Å²) >= 11 is 0. The summed E-state index contributed by atoms with van der Waals surface area (Å²) in [6, 6.07) is 4.10. The van der Waals surface area contributed by atoms with Gasteiger partial charge in [0.2, 0.25) is 0 Å². The highest BCUT2D eigenvalue weighted by Crippen LogP contribution is 2.15. The third kappa shape index (κ3) is 5.25. The van der Waals surface area contributed by atoms with Crippen molar-refractivity contribution >= 4 is 0 Å². The van der Waals surface area contributed by atoms with Gasteiger partial charge in [-0.3, -0.25) is 0 Å². The maximum atomic E-state index is 13.1. The van der Waals surface area contributed by atoms with Gasteiger partial charge in [0.1, 0.15) is 0 Å². The average molecular weight is 270 g/mol. The topological polar surface area (TPSA) is 15.3 Å². The normalized spacial score (nSPS) is 12.9. The number of nitrogens with one attached hydrogen (secondary N) is 1. The molecule has 0 amide bonds. The Labute approximate surface area is 114 Å². The minimum Gasteiger partial charge on any atom is -0.310 e. The lowest BCUT2D eigenvalue weighted by Gasteiger charge is -2.19. The molecule has 2 nitrogen and oxygen atoms in total. The van der Waals surface area contributed by atoms with E-state index >= 15 is 0 Å².